The van der Waals surface area contributed by atoms with E-state index in [9.17, 15) is 13.2 Å². The quantitative estimate of drug-likeness (QED) is 0.768. The minimum Gasteiger partial charge on any atom is -0.361 e. The van der Waals surface area contributed by atoms with Crippen molar-refractivity contribution in [2.45, 2.75) is 31.2 Å². The lowest BCUT2D eigenvalue weighted by molar-refractivity contribution is -0.917. The molecular formula is C19H25N4O4S+. The van der Waals surface area contributed by atoms with Gasteiger partial charge >= 0.3 is 0 Å². The molecule has 1 aromatic carbocycles. The van der Waals surface area contributed by atoms with Crippen molar-refractivity contribution >= 4 is 21.6 Å². The Labute approximate surface area is 164 Å². The minimum absolute atomic E-state index is 0.0945. The zero-order valence-corrected chi connectivity index (χ0v) is 16.7. The molecule has 150 valence electrons. The summed E-state index contributed by atoms with van der Waals surface area (Å²) in [6.07, 6.45) is 1.40. The number of nitrogens with one attached hydrogen (secondary N) is 1. The van der Waals surface area contributed by atoms with E-state index < -0.39 is 10.0 Å². The fourth-order valence-electron chi connectivity index (χ4n) is 3.85. The van der Waals surface area contributed by atoms with Gasteiger partial charge in [0.2, 0.25) is 15.9 Å². The van der Waals surface area contributed by atoms with Gasteiger partial charge in [-0.05, 0) is 37.6 Å². The van der Waals surface area contributed by atoms with Crippen molar-refractivity contribution in [3.05, 3.63) is 41.8 Å². The number of hydrogen-bond donors (Lipinski definition) is 1. The van der Waals surface area contributed by atoms with E-state index >= 15 is 0 Å². The van der Waals surface area contributed by atoms with E-state index in [0.29, 0.717) is 26.1 Å². The maximum absolute atomic E-state index is 13.0. The van der Waals surface area contributed by atoms with Gasteiger partial charge in [0.1, 0.15) is 18.0 Å². The number of aromatic nitrogens is 1. The van der Waals surface area contributed by atoms with Gasteiger partial charge in [-0.15, -0.1) is 0 Å². The molecule has 0 spiro atoms. The van der Waals surface area contributed by atoms with Crippen LogP contribution in [0.1, 0.15) is 24.3 Å². The molecule has 0 atom stereocenters. The number of anilines is 1. The summed E-state index contributed by atoms with van der Waals surface area (Å²) in [5.74, 6) is 0.881. The van der Waals surface area contributed by atoms with Crippen LogP contribution in [0.5, 0.6) is 0 Å². The summed E-state index contributed by atoms with van der Waals surface area (Å²) in [7, 11) is -3.53. The Bertz CT molecular complexity index is 947. The van der Waals surface area contributed by atoms with Crippen molar-refractivity contribution in [2.24, 2.45) is 0 Å². The predicted molar refractivity (Wildman–Crippen MR) is 102 cm³/mol. The average Bonchev–Trinajstić information content (AvgIpc) is 3.30. The third-order valence-corrected chi connectivity index (χ3v) is 7.31. The highest BCUT2D eigenvalue weighted by Gasteiger charge is 2.31. The van der Waals surface area contributed by atoms with Crippen LogP contribution in [0.2, 0.25) is 0 Å². The Morgan fingerprint density at radius 2 is 1.86 bits per heavy atom. The molecule has 2 saturated heterocycles. The Morgan fingerprint density at radius 1 is 1.14 bits per heavy atom. The first kappa shape index (κ1) is 19.1. The largest absolute Gasteiger partial charge is 0.361 e. The van der Waals surface area contributed by atoms with Crippen LogP contribution in [0, 0.1) is 6.92 Å². The Kier molecular flexibility index (Phi) is 5.22. The number of nitrogens with zero attached hydrogens (tertiary/aromatic N) is 3. The Balaban J connectivity index is 1.39. The fraction of sp³-hybridized carbons (Fsp3) is 0.474. The number of rotatable bonds is 5. The minimum atomic E-state index is -3.53. The maximum Gasteiger partial charge on any atom is 0.243 e. The molecule has 0 saturated carbocycles. The van der Waals surface area contributed by atoms with Gasteiger partial charge in [-0.3, -0.25) is 4.79 Å². The third-order valence-electron chi connectivity index (χ3n) is 5.40. The van der Waals surface area contributed by atoms with Crippen LogP contribution < -0.4 is 9.80 Å². The molecule has 3 heterocycles. The molecule has 0 unspecified atom stereocenters. The van der Waals surface area contributed by atoms with Crippen LogP contribution in [0.25, 0.3) is 0 Å². The van der Waals surface area contributed by atoms with Gasteiger partial charge in [-0.1, -0.05) is 5.16 Å². The van der Waals surface area contributed by atoms with Crippen LogP contribution >= 0.6 is 0 Å². The van der Waals surface area contributed by atoms with E-state index in [-0.39, 0.29) is 10.8 Å². The van der Waals surface area contributed by atoms with Crippen molar-refractivity contribution in [3.8, 4) is 0 Å². The van der Waals surface area contributed by atoms with E-state index in [4.69, 9.17) is 4.52 Å². The van der Waals surface area contributed by atoms with Gasteiger partial charge in [0.15, 0.2) is 0 Å². The topological polar surface area (TPSA) is 88.2 Å². The van der Waals surface area contributed by atoms with E-state index in [2.05, 4.69) is 5.16 Å². The average molecular weight is 406 g/mol. The van der Waals surface area contributed by atoms with E-state index in [0.717, 1.165) is 43.2 Å². The number of piperazine rings is 1. The summed E-state index contributed by atoms with van der Waals surface area (Å²) >= 11 is 0. The van der Waals surface area contributed by atoms with Crippen LogP contribution in [0.3, 0.4) is 0 Å². The van der Waals surface area contributed by atoms with Crippen LogP contribution in [-0.4, -0.2) is 56.5 Å². The first-order valence-corrected chi connectivity index (χ1v) is 11.0. The summed E-state index contributed by atoms with van der Waals surface area (Å²) in [5, 5.41) is 4.02. The molecule has 2 aromatic rings. The van der Waals surface area contributed by atoms with E-state index in [1.165, 1.54) is 4.90 Å². The third kappa shape index (κ3) is 3.82. The van der Waals surface area contributed by atoms with E-state index in [1.807, 2.05) is 13.0 Å². The molecule has 1 aromatic heterocycles. The standard InChI is InChI=1S/C19H24N4O4S/c1-15-13-16(20-27-15)14-21-9-11-22(12-10-21)28(25,26)18-6-4-17(5-7-18)23-8-2-3-19(23)24/h4-7,13H,2-3,8-12,14H2,1H3/p+1. The summed E-state index contributed by atoms with van der Waals surface area (Å²) in [6.45, 7) is 5.70. The van der Waals surface area contributed by atoms with Crippen LogP contribution in [-0.2, 0) is 21.4 Å². The monoisotopic (exact) mass is 405 g/mol. The number of carbonyl (C=O) groups excluding carboxylic acids is 1. The number of hydrogen-bond acceptors (Lipinski definition) is 5. The number of sulfonamides is 1. The van der Waals surface area contributed by atoms with Crippen molar-refractivity contribution in [1.82, 2.24) is 9.46 Å². The highest BCUT2D eigenvalue weighted by molar-refractivity contribution is 7.89. The highest BCUT2D eigenvalue weighted by atomic mass is 32.2. The fourth-order valence-corrected chi connectivity index (χ4v) is 5.29. The van der Waals surface area contributed by atoms with Crippen molar-refractivity contribution in [2.75, 3.05) is 37.6 Å². The SMILES string of the molecule is Cc1cc(C[NH+]2CCN(S(=O)(=O)c3ccc(N4CCCC4=O)cc3)CC2)no1. The molecule has 1 N–H and O–H groups in total. The first-order chi connectivity index (χ1) is 13.4. The smallest absolute Gasteiger partial charge is 0.243 e. The second-order valence-corrected chi connectivity index (χ2v) is 9.34. The van der Waals surface area contributed by atoms with E-state index in [1.54, 1.807) is 33.5 Å². The second-order valence-electron chi connectivity index (χ2n) is 7.40. The summed E-state index contributed by atoms with van der Waals surface area (Å²) in [6, 6.07) is 8.58. The lowest BCUT2D eigenvalue weighted by Gasteiger charge is -2.31. The molecule has 0 aliphatic carbocycles. The van der Waals surface area contributed by atoms with Crippen LogP contribution in [0.15, 0.2) is 39.8 Å². The molecule has 9 heteroatoms. The number of aryl methyl sites for hydroxylation is 1. The molecule has 1 amide bonds. The molecule has 4 rings (SSSR count). The van der Waals surface area contributed by atoms with Crippen molar-refractivity contribution in [3.63, 3.8) is 0 Å². The first-order valence-electron chi connectivity index (χ1n) is 9.60. The van der Waals surface area contributed by atoms with Crippen molar-refractivity contribution < 1.29 is 22.6 Å². The highest BCUT2D eigenvalue weighted by Crippen LogP contribution is 2.24. The number of quaternary nitrogens is 1. The molecule has 2 aliphatic rings. The zero-order valence-electron chi connectivity index (χ0n) is 15.9. The summed E-state index contributed by atoms with van der Waals surface area (Å²) < 4.78 is 32.6. The van der Waals surface area contributed by atoms with Gasteiger partial charge in [-0.25, -0.2) is 8.42 Å². The molecular weight excluding hydrogens is 380 g/mol. The van der Waals surface area contributed by atoms with Gasteiger partial charge in [0.05, 0.1) is 31.1 Å². The lowest BCUT2D eigenvalue weighted by atomic mass is 10.3. The number of carbonyl (C=O) groups is 1. The van der Waals surface area contributed by atoms with Crippen molar-refractivity contribution in [1.29, 1.82) is 0 Å². The summed E-state index contributed by atoms with van der Waals surface area (Å²) in [4.78, 5) is 15.1. The number of benzene rings is 1. The second kappa shape index (κ2) is 7.65. The molecule has 0 bridgehead atoms. The lowest BCUT2D eigenvalue weighted by Crippen LogP contribution is -3.13. The van der Waals surface area contributed by atoms with Gasteiger partial charge in [0.25, 0.3) is 0 Å². The van der Waals surface area contributed by atoms with Crippen LogP contribution in [0.4, 0.5) is 5.69 Å². The summed E-state index contributed by atoms with van der Waals surface area (Å²) in [5.41, 5.74) is 1.66. The molecule has 2 aliphatic heterocycles. The molecule has 8 nitrogen and oxygen atoms in total. The molecule has 28 heavy (non-hydrogen) atoms. The van der Waals surface area contributed by atoms with Gasteiger partial charge in [-0.2, -0.15) is 4.31 Å². The Hall–Kier alpha value is -2.23. The molecule has 0 radical (unpaired) electrons. The normalized spacial score (nSPS) is 19.5. The maximum atomic E-state index is 13.0. The van der Waals surface area contributed by atoms with Gasteiger partial charge < -0.3 is 14.3 Å². The molecule has 2 fully saturated rings. The number of amides is 1. The Morgan fingerprint density at radius 3 is 2.43 bits per heavy atom. The van der Waals surface area contributed by atoms with Gasteiger partial charge in [0, 0.05) is 24.7 Å². The zero-order chi connectivity index (χ0) is 19.7. The predicted octanol–water partition coefficient (Wildman–Crippen LogP) is 0.199.